The van der Waals surface area contributed by atoms with Crippen molar-refractivity contribution in [3.8, 4) is 16.9 Å². The number of hydrogen-bond donors (Lipinski definition) is 1. The lowest BCUT2D eigenvalue weighted by molar-refractivity contribution is 0.174. The highest BCUT2D eigenvalue weighted by Crippen LogP contribution is 2.31. The van der Waals surface area contributed by atoms with E-state index in [9.17, 15) is 5.11 Å². The van der Waals surface area contributed by atoms with Gasteiger partial charge in [0.2, 0.25) is 0 Å². The standard InChI is InChI=1S/C16H18O3/c1-18-10-14-8-13(12-6-4-3-5-7-12)9-15(11-19-2)16(14)17/h3-9,17H,10-11H2,1-2H3. The van der Waals surface area contributed by atoms with Gasteiger partial charge in [-0.15, -0.1) is 0 Å². The van der Waals surface area contributed by atoms with Crippen LogP contribution in [-0.2, 0) is 22.7 Å². The first-order chi connectivity index (χ1) is 9.26. The highest BCUT2D eigenvalue weighted by Gasteiger charge is 2.11. The van der Waals surface area contributed by atoms with Gasteiger partial charge < -0.3 is 14.6 Å². The fourth-order valence-electron chi connectivity index (χ4n) is 2.09. The predicted molar refractivity (Wildman–Crippen MR) is 75.0 cm³/mol. The Kier molecular flexibility index (Phi) is 4.55. The molecule has 0 spiro atoms. The van der Waals surface area contributed by atoms with Crippen LogP contribution in [0.2, 0.25) is 0 Å². The predicted octanol–water partition coefficient (Wildman–Crippen LogP) is 3.35. The molecular formula is C16H18O3. The molecule has 0 saturated carbocycles. The normalized spacial score (nSPS) is 10.6. The average Bonchev–Trinajstić information content (AvgIpc) is 2.44. The summed E-state index contributed by atoms with van der Waals surface area (Å²) in [6.07, 6.45) is 0. The molecule has 0 unspecified atom stereocenters. The highest BCUT2D eigenvalue weighted by molar-refractivity contribution is 5.67. The monoisotopic (exact) mass is 258 g/mol. The Morgan fingerprint density at radius 2 is 1.37 bits per heavy atom. The van der Waals surface area contributed by atoms with Crippen LogP contribution in [0.1, 0.15) is 11.1 Å². The van der Waals surface area contributed by atoms with Gasteiger partial charge in [-0.25, -0.2) is 0 Å². The number of hydrogen-bond acceptors (Lipinski definition) is 3. The first-order valence-electron chi connectivity index (χ1n) is 6.14. The van der Waals surface area contributed by atoms with Crippen molar-refractivity contribution in [1.29, 1.82) is 0 Å². The molecule has 0 aliphatic heterocycles. The number of phenolic OH excluding ortho intramolecular Hbond substituents is 1. The first kappa shape index (κ1) is 13.6. The molecule has 3 nitrogen and oxygen atoms in total. The minimum atomic E-state index is 0.253. The lowest BCUT2D eigenvalue weighted by atomic mass is 9.99. The minimum Gasteiger partial charge on any atom is -0.507 e. The summed E-state index contributed by atoms with van der Waals surface area (Å²) in [7, 11) is 3.23. The van der Waals surface area contributed by atoms with Crippen molar-refractivity contribution in [1.82, 2.24) is 0 Å². The van der Waals surface area contributed by atoms with Crippen molar-refractivity contribution < 1.29 is 14.6 Å². The summed E-state index contributed by atoms with van der Waals surface area (Å²) in [5.41, 5.74) is 3.71. The molecule has 0 aliphatic rings. The van der Waals surface area contributed by atoms with Crippen molar-refractivity contribution in [2.45, 2.75) is 13.2 Å². The van der Waals surface area contributed by atoms with Crippen molar-refractivity contribution in [2.24, 2.45) is 0 Å². The van der Waals surface area contributed by atoms with Crippen LogP contribution < -0.4 is 0 Å². The number of methoxy groups -OCH3 is 2. The highest BCUT2D eigenvalue weighted by atomic mass is 16.5. The summed E-state index contributed by atoms with van der Waals surface area (Å²) in [6.45, 7) is 0.756. The van der Waals surface area contributed by atoms with Gasteiger partial charge in [0.05, 0.1) is 13.2 Å². The Morgan fingerprint density at radius 1 is 0.842 bits per heavy atom. The zero-order valence-electron chi connectivity index (χ0n) is 11.2. The molecule has 1 N–H and O–H groups in total. The number of benzene rings is 2. The van der Waals surface area contributed by atoms with E-state index in [1.165, 1.54) is 0 Å². The molecule has 3 heteroatoms. The van der Waals surface area contributed by atoms with Crippen LogP contribution in [0.5, 0.6) is 5.75 Å². The quantitative estimate of drug-likeness (QED) is 0.893. The second-order valence-electron chi connectivity index (χ2n) is 4.38. The summed E-state index contributed by atoms with van der Waals surface area (Å²) < 4.78 is 10.3. The largest absolute Gasteiger partial charge is 0.507 e. The maximum absolute atomic E-state index is 10.2. The molecule has 2 aromatic carbocycles. The molecule has 2 rings (SSSR count). The molecule has 0 atom stereocenters. The molecule has 0 saturated heterocycles. The number of aromatic hydroxyl groups is 1. The molecule has 0 fully saturated rings. The maximum Gasteiger partial charge on any atom is 0.126 e. The topological polar surface area (TPSA) is 38.7 Å². The number of rotatable bonds is 5. The smallest absolute Gasteiger partial charge is 0.126 e. The second kappa shape index (κ2) is 6.36. The lowest BCUT2D eigenvalue weighted by Gasteiger charge is -2.12. The summed E-state index contributed by atoms with van der Waals surface area (Å²) in [5, 5.41) is 10.2. The van der Waals surface area contributed by atoms with E-state index in [0.717, 1.165) is 22.3 Å². The van der Waals surface area contributed by atoms with Gasteiger partial charge in [0, 0.05) is 25.3 Å². The van der Waals surface area contributed by atoms with Crippen molar-refractivity contribution >= 4 is 0 Å². The van der Waals surface area contributed by atoms with Crippen LogP contribution in [0.15, 0.2) is 42.5 Å². The Bertz CT molecular complexity index is 508. The zero-order chi connectivity index (χ0) is 13.7. The summed E-state index contributed by atoms with van der Waals surface area (Å²) >= 11 is 0. The Balaban J connectivity index is 2.49. The molecule has 0 radical (unpaired) electrons. The van der Waals surface area contributed by atoms with Crippen molar-refractivity contribution in [3.05, 3.63) is 53.6 Å². The summed E-state index contributed by atoms with van der Waals surface area (Å²) in [4.78, 5) is 0. The minimum absolute atomic E-state index is 0.253. The molecule has 0 amide bonds. The third-order valence-corrected chi connectivity index (χ3v) is 2.97. The molecule has 0 heterocycles. The molecular weight excluding hydrogens is 240 g/mol. The van der Waals surface area contributed by atoms with Crippen LogP contribution in [-0.4, -0.2) is 19.3 Å². The fourth-order valence-corrected chi connectivity index (χ4v) is 2.09. The Hall–Kier alpha value is -1.84. The van der Waals surface area contributed by atoms with Gasteiger partial charge in [0.15, 0.2) is 0 Å². The third kappa shape index (κ3) is 3.13. The van der Waals surface area contributed by atoms with Gasteiger partial charge in [-0.1, -0.05) is 30.3 Å². The molecule has 0 aromatic heterocycles. The Morgan fingerprint density at radius 3 is 1.84 bits per heavy atom. The SMILES string of the molecule is COCc1cc(-c2ccccc2)cc(COC)c1O. The van der Waals surface area contributed by atoms with Crippen LogP contribution in [0.3, 0.4) is 0 Å². The zero-order valence-corrected chi connectivity index (χ0v) is 11.2. The van der Waals surface area contributed by atoms with Gasteiger partial charge in [0.1, 0.15) is 5.75 Å². The third-order valence-electron chi connectivity index (χ3n) is 2.97. The van der Waals surface area contributed by atoms with Crippen molar-refractivity contribution in [3.63, 3.8) is 0 Å². The van der Waals surface area contributed by atoms with Gasteiger partial charge in [-0.05, 0) is 23.3 Å². The van der Waals surface area contributed by atoms with Crippen LogP contribution >= 0.6 is 0 Å². The van der Waals surface area contributed by atoms with E-state index in [1.807, 2.05) is 42.5 Å². The first-order valence-corrected chi connectivity index (χ1v) is 6.14. The van der Waals surface area contributed by atoms with Crippen LogP contribution in [0.4, 0.5) is 0 Å². The molecule has 2 aromatic rings. The molecule has 19 heavy (non-hydrogen) atoms. The van der Waals surface area contributed by atoms with Gasteiger partial charge in [0.25, 0.3) is 0 Å². The lowest BCUT2D eigenvalue weighted by Crippen LogP contribution is -1.96. The second-order valence-corrected chi connectivity index (χ2v) is 4.38. The number of ether oxygens (including phenoxy) is 2. The van der Waals surface area contributed by atoms with E-state index in [4.69, 9.17) is 9.47 Å². The van der Waals surface area contributed by atoms with E-state index < -0.39 is 0 Å². The van der Waals surface area contributed by atoms with E-state index >= 15 is 0 Å². The van der Waals surface area contributed by atoms with E-state index in [0.29, 0.717) is 13.2 Å². The molecule has 100 valence electrons. The summed E-state index contributed by atoms with van der Waals surface area (Å²) in [6, 6.07) is 14.0. The number of phenols is 1. The van der Waals surface area contributed by atoms with Crippen molar-refractivity contribution in [2.75, 3.05) is 14.2 Å². The maximum atomic E-state index is 10.2. The fraction of sp³-hybridized carbons (Fsp3) is 0.250. The van der Waals surface area contributed by atoms with Gasteiger partial charge in [-0.2, -0.15) is 0 Å². The van der Waals surface area contributed by atoms with Crippen LogP contribution in [0.25, 0.3) is 11.1 Å². The summed E-state index contributed by atoms with van der Waals surface area (Å²) in [5.74, 6) is 0.253. The Labute approximate surface area is 113 Å². The average molecular weight is 258 g/mol. The van der Waals surface area contributed by atoms with E-state index in [-0.39, 0.29) is 5.75 Å². The molecule has 0 bridgehead atoms. The van der Waals surface area contributed by atoms with E-state index in [2.05, 4.69) is 0 Å². The molecule has 0 aliphatic carbocycles. The van der Waals surface area contributed by atoms with Crippen LogP contribution in [0, 0.1) is 0 Å². The van der Waals surface area contributed by atoms with E-state index in [1.54, 1.807) is 14.2 Å². The van der Waals surface area contributed by atoms with Gasteiger partial charge >= 0.3 is 0 Å². The van der Waals surface area contributed by atoms with Gasteiger partial charge in [-0.3, -0.25) is 0 Å².